The predicted molar refractivity (Wildman–Crippen MR) is 79.2 cm³/mol. The van der Waals surface area contributed by atoms with Crippen molar-refractivity contribution in [2.45, 2.75) is 26.3 Å². The molecule has 0 saturated heterocycles. The summed E-state index contributed by atoms with van der Waals surface area (Å²) in [6.07, 6.45) is -0.0487. The molecular formula is C15H22N2O3. The molecule has 0 fully saturated rings. The molecule has 0 radical (unpaired) electrons. The van der Waals surface area contributed by atoms with E-state index in [1.165, 1.54) is 0 Å². The van der Waals surface area contributed by atoms with Crippen LogP contribution in [-0.2, 0) is 4.79 Å². The Kier molecular flexibility index (Phi) is 5.55. The number of carbonyl (C=O) groups excluding carboxylic acids is 1. The lowest BCUT2D eigenvalue weighted by Crippen LogP contribution is -2.39. The fourth-order valence-corrected chi connectivity index (χ4v) is 2.10. The summed E-state index contributed by atoms with van der Waals surface area (Å²) in [5, 5.41) is 8.85. The molecule has 5 heteroatoms. The third kappa shape index (κ3) is 3.98. The Labute approximate surface area is 119 Å². The van der Waals surface area contributed by atoms with Crippen molar-refractivity contribution >= 4 is 17.6 Å². The zero-order valence-corrected chi connectivity index (χ0v) is 12.5. The van der Waals surface area contributed by atoms with Crippen molar-refractivity contribution in [1.29, 1.82) is 0 Å². The van der Waals surface area contributed by atoms with Gasteiger partial charge in [-0.3, -0.25) is 9.59 Å². The van der Waals surface area contributed by atoms with E-state index in [9.17, 15) is 9.59 Å². The Morgan fingerprint density at radius 1 is 1.30 bits per heavy atom. The molecule has 1 unspecified atom stereocenters. The molecule has 0 heterocycles. The second kappa shape index (κ2) is 6.93. The largest absolute Gasteiger partial charge is 0.481 e. The van der Waals surface area contributed by atoms with Crippen LogP contribution in [0.25, 0.3) is 0 Å². The lowest BCUT2D eigenvalue weighted by Gasteiger charge is -2.27. The third-order valence-electron chi connectivity index (χ3n) is 3.21. The van der Waals surface area contributed by atoms with Crippen molar-refractivity contribution in [1.82, 2.24) is 4.90 Å². The van der Waals surface area contributed by atoms with Gasteiger partial charge in [0, 0.05) is 37.9 Å². The Hall–Kier alpha value is -2.04. The maximum Gasteiger partial charge on any atom is 0.305 e. The Morgan fingerprint density at radius 2 is 1.95 bits per heavy atom. The average molecular weight is 278 g/mol. The van der Waals surface area contributed by atoms with Gasteiger partial charge >= 0.3 is 5.97 Å². The van der Waals surface area contributed by atoms with Crippen molar-refractivity contribution in [3.63, 3.8) is 0 Å². The van der Waals surface area contributed by atoms with E-state index in [-0.39, 0.29) is 18.4 Å². The summed E-state index contributed by atoms with van der Waals surface area (Å²) in [5.41, 5.74) is 1.52. The molecule has 1 atom stereocenters. The van der Waals surface area contributed by atoms with E-state index in [0.717, 1.165) is 5.69 Å². The van der Waals surface area contributed by atoms with Crippen molar-refractivity contribution < 1.29 is 14.7 Å². The van der Waals surface area contributed by atoms with E-state index < -0.39 is 5.97 Å². The second-order valence-electron chi connectivity index (χ2n) is 4.98. The quantitative estimate of drug-likeness (QED) is 0.865. The van der Waals surface area contributed by atoms with Crippen LogP contribution in [0, 0.1) is 0 Å². The molecule has 0 aliphatic heterocycles. The minimum Gasteiger partial charge on any atom is -0.481 e. The summed E-state index contributed by atoms with van der Waals surface area (Å²) in [6.45, 7) is 4.09. The zero-order valence-electron chi connectivity index (χ0n) is 12.5. The predicted octanol–water partition coefficient (Wildman–Crippen LogP) is 2.08. The molecule has 1 aromatic carbocycles. The van der Waals surface area contributed by atoms with Crippen LogP contribution in [0.3, 0.4) is 0 Å². The monoisotopic (exact) mass is 278 g/mol. The minimum absolute atomic E-state index is 0.0487. The van der Waals surface area contributed by atoms with Gasteiger partial charge in [-0.2, -0.15) is 0 Å². The standard InChI is InChI=1S/C15H22N2O3/c1-5-17(11(2)9-14(18)19)15(20)12-7-6-8-13(10-12)16(3)4/h6-8,10-11H,5,9H2,1-4H3,(H,18,19). The minimum atomic E-state index is -0.897. The molecule has 1 amide bonds. The van der Waals surface area contributed by atoms with Gasteiger partial charge in [-0.25, -0.2) is 0 Å². The number of hydrogen-bond acceptors (Lipinski definition) is 3. The summed E-state index contributed by atoms with van der Waals surface area (Å²) < 4.78 is 0. The number of nitrogens with zero attached hydrogens (tertiary/aromatic N) is 2. The molecule has 1 N–H and O–H groups in total. The number of carboxylic acid groups (broad SMARTS) is 1. The lowest BCUT2D eigenvalue weighted by atomic mass is 10.1. The molecule has 0 aliphatic carbocycles. The number of aliphatic carboxylic acids is 1. The first kappa shape index (κ1) is 16.0. The molecule has 0 aliphatic rings. The van der Waals surface area contributed by atoms with E-state index in [0.29, 0.717) is 12.1 Å². The summed E-state index contributed by atoms with van der Waals surface area (Å²) in [5.74, 6) is -1.03. The van der Waals surface area contributed by atoms with Crippen molar-refractivity contribution in [3.05, 3.63) is 29.8 Å². The molecule has 0 spiro atoms. The SMILES string of the molecule is CCN(C(=O)c1cccc(N(C)C)c1)C(C)CC(=O)O. The van der Waals surface area contributed by atoms with E-state index in [1.54, 1.807) is 17.9 Å². The van der Waals surface area contributed by atoms with Gasteiger partial charge in [0.25, 0.3) is 5.91 Å². The van der Waals surface area contributed by atoms with Gasteiger partial charge in [-0.15, -0.1) is 0 Å². The zero-order chi connectivity index (χ0) is 15.3. The van der Waals surface area contributed by atoms with Crippen molar-refractivity contribution in [2.75, 3.05) is 25.5 Å². The van der Waals surface area contributed by atoms with Gasteiger partial charge in [0.15, 0.2) is 0 Å². The fraction of sp³-hybridized carbons (Fsp3) is 0.467. The molecule has 20 heavy (non-hydrogen) atoms. The van der Waals surface area contributed by atoms with Crippen LogP contribution in [0.4, 0.5) is 5.69 Å². The van der Waals surface area contributed by atoms with E-state index in [2.05, 4.69) is 0 Å². The highest BCUT2D eigenvalue weighted by atomic mass is 16.4. The summed E-state index contributed by atoms with van der Waals surface area (Å²) in [6, 6.07) is 7.00. The summed E-state index contributed by atoms with van der Waals surface area (Å²) in [7, 11) is 3.82. The number of carboxylic acids is 1. The average Bonchev–Trinajstić information content (AvgIpc) is 2.38. The maximum atomic E-state index is 12.5. The molecule has 110 valence electrons. The molecule has 0 bridgehead atoms. The van der Waals surface area contributed by atoms with Crippen LogP contribution in [-0.4, -0.2) is 48.6 Å². The number of amides is 1. The molecule has 0 aromatic heterocycles. The number of hydrogen-bond donors (Lipinski definition) is 1. The Morgan fingerprint density at radius 3 is 2.45 bits per heavy atom. The van der Waals surface area contributed by atoms with Crippen LogP contribution in [0.5, 0.6) is 0 Å². The van der Waals surface area contributed by atoms with Crippen LogP contribution >= 0.6 is 0 Å². The van der Waals surface area contributed by atoms with Crippen LogP contribution < -0.4 is 4.90 Å². The van der Waals surface area contributed by atoms with Gasteiger partial charge in [-0.1, -0.05) is 6.07 Å². The van der Waals surface area contributed by atoms with Crippen LogP contribution in [0.15, 0.2) is 24.3 Å². The smallest absolute Gasteiger partial charge is 0.305 e. The number of rotatable bonds is 6. The van der Waals surface area contributed by atoms with Gasteiger partial charge in [-0.05, 0) is 32.0 Å². The Balaban J connectivity index is 2.96. The van der Waals surface area contributed by atoms with Crippen LogP contribution in [0.2, 0.25) is 0 Å². The lowest BCUT2D eigenvalue weighted by molar-refractivity contribution is -0.138. The third-order valence-corrected chi connectivity index (χ3v) is 3.21. The normalized spacial score (nSPS) is 11.8. The van der Waals surface area contributed by atoms with Gasteiger partial charge in [0.05, 0.1) is 6.42 Å². The van der Waals surface area contributed by atoms with Gasteiger partial charge in [0.2, 0.25) is 0 Å². The van der Waals surface area contributed by atoms with Gasteiger partial charge < -0.3 is 14.9 Å². The second-order valence-corrected chi connectivity index (χ2v) is 4.98. The highest BCUT2D eigenvalue weighted by molar-refractivity contribution is 5.95. The number of carbonyl (C=O) groups is 2. The Bertz CT molecular complexity index is 486. The van der Waals surface area contributed by atoms with Crippen LogP contribution in [0.1, 0.15) is 30.6 Å². The first-order valence-corrected chi connectivity index (χ1v) is 6.67. The molecule has 1 aromatic rings. The maximum absolute atomic E-state index is 12.5. The van der Waals surface area contributed by atoms with E-state index >= 15 is 0 Å². The highest BCUT2D eigenvalue weighted by Crippen LogP contribution is 2.17. The number of benzene rings is 1. The molecule has 1 rings (SSSR count). The molecule has 0 saturated carbocycles. The first-order valence-electron chi connectivity index (χ1n) is 6.67. The van der Waals surface area contributed by atoms with E-state index in [4.69, 9.17) is 5.11 Å². The molecule has 5 nitrogen and oxygen atoms in total. The summed E-state index contributed by atoms with van der Waals surface area (Å²) >= 11 is 0. The first-order chi connectivity index (χ1) is 9.36. The highest BCUT2D eigenvalue weighted by Gasteiger charge is 2.22. The topological polar surface area (TPSA) is 60.9 Å². The molecular weight excluding hydrogens is 256 g/mol. The summed E-state index contributed by atoms with van der Waals surface area (Å²) in [4.78, 5) is 26.8. The van der Waals surface area contributed by atoms with Gasteiger partial charge in [0.1, 0.15) is 0 Å². The van der Waals surface area contributed by atoms with Crippen molar-refractivity contribution in [3.8, 4) is 0 Å². The van der Waals surface area contributed by atoms with E-state index in [1.807, 2.05) is 44.1 Å². The fourth-order valence-electron chi connectivity index (χ4n) is 2.10. The van der Waals surface area contributed by atoms with Crippen molar-refractivity contribution in [2.24, 2.45) is 0 Å². The number of anilines is 1.